The summed E-state index contributed by atoms with van der Waals surface area (Å²) in [7, 11) is -3.89. The fraction of sp³-hybridized carbons (Fsp3) is 0. The van der Waals surface area contributed by atoms with Gasteiger partial charge in [0.05, 0.1) is 5.69 Å². The Balaban J connectivity index is 2.39. The lowest BCUT2D eigenvalue weighted by atomic mass is 10.3. The first-order valence-electron chi connectivity index (χ1n) is 5.16. The number of anilines is 4. The summed E-state index contributed by atoms with van der Waals surface area (Å²) in [6.45, 7) is 0. The Morgan fingerprint density at radius 3 is 2.16 bits per heavy atom. The first-order chi connectivity index (χ1) is 8.88. The van der Waals surface area contributed by atoms with Crippen LogP contribution in [0.2, 0.25) is 0 Å². The lowest BCUT2D eigenvalue weighted by Gasteiger charge is -2.09. The number of hydrogen-bond acceptors (Lipinski definition) is 7. The van der Waals surface area contributed by atoms with Crippen LogP contribution in [0.3, 0.4) is 0 Å². The van der Waals surface area contributed by atoms with Gasteiger partial charge < -0.3 is 17.2 Å². The van der Waals surface area contributed by atoms with Gasteiger partial charge >= 0.3 is 0 Å². The molecule has 1 heterocycles. The van der Waals surface area contributed by atoms with Gasteiger partial charge in [-0.2, -0.15) is 9.97 Å². The minimum Gasteiger partial charge on any atom is -0.398 e. The average Bonchev–Trinajstić information content (AvgIpc) is 2.26. The van der Waals surface area contributed by atoms with Crippen molar-refractivity contribution in [3.8, 4) is 0 Å². The van der Waals surface area contributed by atoms with Gasteiger partial charge in [-0.05, 0) is 12.1 Å². The van der Waals surface area contributed by atoms with Crippen LogP contribution in [-0.4, -0.2) is 18.4 Å². The van der Waals surface area contributed by atoms with Crippen LogP contribution in [-0.2, 0) is 10.0 Å². The average molecular weight is 280 g/mol. The van der Waals surface area contributed by atoms with Gasteiger partial charge in [0.25, 0.3) is 10.0 Å². The summed E-state index contributed by atoms with van der Waals surface area (Å²) in [5.41, 5.74) is 16.6. The maximum Gasteiger partial charge on any atom is 0.266 e. The molecule has 8 nitrogen and oxygen atoms in total. The number of rotatable bonds is 3. The normalized spacial score (nSPS) is 11.2. The van der Waals surface area contributed by atoms with Crippen LogP contribution in [0.1, 0.15) is 0 Å². The van der Waals surface area contributed by atoms with Gasteiger partial charge in [0, 0.05) is 6.07 Å². The maximum absolute atomic E-state index is 12.1. The number of para-hydroxylation sites is 1. The number of hydrogen-bond donors (Lipinski definition) is 4. The molecule has 2 aromatic rings. The molecule has 100 valence electrons. The lowest BCUT2D eigenvalue weighted by Crippen LogP contribution is -2.17. The van der Waals surface area contributed by atoms with Gasteiger partial charge in [-0.1, -0.05) is 12.1 Å². The molecule has 0 aliphatic rings. The van der Waals surface area contributed by atoms with E-state index in [1.807, 2.05) is 0 Å². The minimum atomic E-state index is -3.89. The molecule has 0 unspecified atom stereocenters. The second-order valence-corrected chi connectivity index (χ2v) is 5.34. The summed E-state index contributed by atoms with van der Waals surface area (Å²) >= 11 is 0. The third kappa shape index (κ3) is 2.83. The summed E-state index contributed by atoms with van der Waals surface area (Å²) in [4.78, 5) is 7.39. The smallest absolute Gasteiger partial charge is 0.266 e. The molecule has 9 heteroatoms. The number of nitrogen functional groups attached to an aromatic ring is 3. The van der Waals surface area contributed by atoms with Gasteiger partial charge in [-0.25, -0.2) is 13.1 Å². The molecule has 1 aromatic heterocycles. The summed E-state index contributed by atoms with van der Waals surface area (Å²) < 4.78 is 26.4. The van der Waals surface area contributed by atoms with Crippen LogP contribution < -0.4 is 21.9 Å². The topological polar surface area (TPSA) is 150 Å². The minimum absolute atomic E-state index is 0.0613. The van der Waals surface area contributed by atoms with Gasteiger partial charge in [0.15, 0.2) is 0 Å². The largest absolute Gasteiger partial charge is 0.398 e. The number of benzene rings is 1. The van der Waals surface area contributed by atoms with Gasteiger partial charge in [0.1, 0.15) is 16.5 Å². The van der Waals surface area contributed by atoms with Crippen molar-refractivity contribution < 1.29 is 8.42 Å². The zero-order valence-corrected chi connectivity index (χ0v) is 10.6. The fourth-order valence-electron chi connectivity index (χ4n) is 1.43. The second kappa shape index (κ2) is 4.61. The van der Waals surface area contributed by atoms with Gasteiger partial charge in [-0.15, -0.1) is 0 Å². The molecular formula is C10H12N6O2S. The molecule has 0 amide bonds. The van der Waals surface area contributed by atoms with E-state index in [-0.39, 0.29) is 28.2 Å². The molecule has 2 rings (SSSR count). The Kier molecular flexibility index (Phi) is 3.13. The Morgan fingerprint density at radius 1 is 1.00 bits per heavy atom. The molecule has 0 saturated heterocycles. The van der Waals surface area contributed by atoms with E-state index in [9.17, 15) is 8.42 Å². The molecule has 0 aliphatic carbocycles. The van der Waals surface area contributed by atoms with Crippen molar-refractivity contribution in [2.24, 2.45) is 0 Å². The van der Waals surface area contributed by atoms with Crippen LogP contribution in [0.4, 0.5) is 23.3 Å². The first-order valence-corrected chi connectivity index (χ1v) is 6.64. The molecule has 0 spiro atoms. The van der Waals surface area contributed by atoms with Crippen LogP contribution in [0.5, 0.6) is 0 Å². The molecule has 0 atom stereocenters. The highest BCUT2D eigenvalue weighted by atomic mass is 32.2. The van der Waals surface area contributed by atoms with Crippen molar-refractivity contribution in [2.75, 3.05) is 21.9 Å². The molecule has 0 fully saturated rings. The highest BCUT2D eigenvalue weighted by Crippen LogP contribution is 2.20. The Hall–Kier alpha value is -2.55. The van der Waals surface area contributed by atoms with E-state index < -0.39 is 10.0 Å². The van der Waals surface area contributed by atoms with E-state index >= 15 is 0 Å². The number of nitrogens with one attached hydrogen (secondary N) is 1. The molecule has 0 radical (unpaired) electrons. The SMILES string of the molecule is Nc1cc(N)nc(NS(=O)(=O)c2ccccc2N)n1. The molecule has 0 bridgehead atoms. The Labute approximate surface area is 109 Å². The molecule has 7 N–H and O–H groups in total. The van der Waals surface area contributed by atoms with E-state index in [0.29, 0.717) is 0 Å². The first kappa shape index (κ1) is 12.9. The number of nitrogens with zero attached hydrogens (tertiary/aromatic N) is 2. The zero-order chi connectivity index (χ0) is 14.0. The molecule has 0 saturated carbocycles. The van der Waals surface area contributed by atoms with Crippen molar-refractivity contribution in [1.82, 2.24) is 9.97 Å². The fourth-order valence-corrected chi connectivity index (χ4v) is 2.51. The van der Waals surface area contributed by atoms with Crippen molar-refractivity contribution in [1.29, 1.82) is 0 Å². The van der Waals surface area contributed by atoms with E-state index in [2.05, 4.69) is 14.7 Å². The number of aromatic nitrogens is 2. The Morgan fingerprint density at radius 2 is 1.58 bits per heavy atom. The summed E-state index contributed by atoms with van der Waals surface area (Å²) in [6, 6.07) is 7.34. The monoisotopic (exact) mass is 280 g/mol. The van der Waals surface area contributed by atoms with Crippen LogP contribution >= 0.6 is 0 Å². The summed E-state index contributed by atoms with van der Waals surface area (Å²) in [6.07, 6.45) is 0. The van der Waals surface area contributed by atoms with Crippen LogP contribution in [0.15, 0.2) is 35.2 Å². The third-order valence-electron chi connectivity index (χ3n) is 2.20. The number of sulfonamides is 1. The van der Waals surface area contributed by atoms with E-state index in [4.69, 9.17) is 17.2 Å². The van der Waals surface area contributed by atoms with Crippen LogP contribution in [0.25, 0.3) is 0 Å². The summed E-state index contributed by atoms with van der Waals surface area (Å²) in [5, 5.41) is 0. The highest BCUT2D eigenvalue weighted by Gasteiger charge is 2.18. The second-order valence-electron chi connectivity index (χ2n) is 3.68. The predicted molar refractivity (Wildman–Crippen MR) is 72.5 cm³/mol. The summed E-state index contributed by atoms with van der Waals surface area (Å²) in [5.74, 6) is -0.0850. The standard InChI is InChI=1S/C10H12N6O2S/c11-6-3-1-2-4-7(6)19(17,18)16-10-14-8(12)5-9(13)15-10/h1-5H,11H2,(H5,12,13,14,15,16). The van der Waals surface area contributed by atoms with Gasteiger partial charge in [0.2, 0.25) is 5.95 Å². The van der Waals surface area contributed by atoms with Crippen molar-refractivity contribution >= 4 is 33.3 Å². The third-order valence-corrected chi connectivity index (χ3v) is 3.60. The Bertz CT molecular complexity index is 695. The zero-order valence-electron chi connectivity index (χ0n) is 9.74. The van der Waals surface area contributed by atoms with Gasteiger partial charge in [-0.3, -0.25) is 0 Å². The molecule has 1 aromatic carbocycles. The van der Waals surface area contributed by atoms with Crippen molar-refractivity contribution in [3.63, 3.8) is 0 Å². The van der Waals surface area contributed by atoms with E-state index in [1.54, 1.807) is 12.1 Å². The molecule has 19 heavy (non-hydrogen) atoms. The maximum atomic E-state index is 12.1. The molecule has 0 aliphatic heterocycles. The number of nitrogens with two attached hydrogens (primary N) is 3. The van der Waals surface area contributed by atoms with Crippen LogP contribution in [0, 0.1) is 0 Å². The van der Waals surface area contributed by atoms with Crippen molar-refractivity contribution in [2.45, 2.75) is 4.90 Å². The van der Waals surface area contributed by atoms with Crippen molar-refractivity contribution in [3.05, 3.63) is 30.3 Å². The molecular weight excluding hydrogens is 268 g/mol. The van der Waals surface area contributed by atoms with E-state index in [1.165, 1.54) is 18.2 Å². The highest BCUT2D eigenvalue weighted by molar-refractivity contribution is 7.92. The quantitative estimate of drug-likeness (QED) is 0.579. The lowest BCUT2D eigenvalue weighted by molar-refractivity contribution is 0.601. The predicted octanol–water partition coefficient (Wildman–Crippen LogP) is 0.0240. The van der Waals surface area contributed by atoms with E-state index in [0.717, 1.165) is 0 Å².